The van der Waals surface area contributed by atoms with E-state index in [0.29, 0.717) is 18.4 Å². The maximum Gasteiger partial charge on any atom is 0.220 e. The van der Waals surface area contributed by atoms with Crippen LogP contribution in [0.3, 0.4) is 0 Å². The SMILES string of the molecule is CC(CC1CC1)NC(=O)CC1CCCCC1N.Cl. The van der Waals surface area contributed by atoms with E-state index in [1.54, 1.807) is 0 Å². The molecule has 1 amide bonds. The Balaban J connectivity index is 0.00000162. The van der Waals surface area contributed by atoms with Gasteiger partial charge in [-0.2, -0.15) is 0 Å². The molecule has 0 aromatic rings. The minimum absolute atomic E-state index is 0. The number of nitrogens with one attached hydrogen (secondary N) is 1. The van der Waals surface area contributed by atoms with Crippen LogP contribution in [0.25, 0.3) is 0 Å². The molecule has 2 aliphatic rings. The van der Waals surface area contributed by atoms with Crippen LogP contribution in [-0.4, -0.2) is 18.0 Å². The first-order valence-electron chi connectivity index (χ1n) is 7.20. The standard InChI is InChI=1S/C14H26N2O.ClH/c1-10(8-11-6-7-11)16-14(17)9-12-4-2-3-5-13(12)15;/h10-13H,2-9,15H2,1H3,(H,16,17);1H. The van der Waals surface area contributed by atoms with E-state index in [2.05, 4.69) is 12.2 Å². The number of carbonyl (C=O) groups is 1. The number of rotatable bonds is 5. The van der Waals surface area contributed by atoms with Gasteiger partial charge in [-0.3, -0.25) is 4.79 Å². The molecular weight excluding hydrogens is 248 g/mol. The number of hydrogen-bond acceptors (Lipinski definition) is 2. The maximum atomic E-state index is 11.9. The fourth-order valence-electron chi connectivity index (χ4n) is 2.97. The molecule has 2 saturated carbocycles. The second-order valence-electron chi connectivity index (χ2n) is 6.06. The third kappa shape index (κ3) is 5.15. The Labute approximate surface area is 117 Å². The van der Waals surface area contributed by atoms with E-state index in [-0.39, 0.29) is 24.4 Å². The smallest absolute Gasteiger partial charge is 0.220 e. The van der Waals surface area contributed by atoms with Crippen LogP contribution in [0.5, 0.6) is 0 Å². The number of amides is 1. The van der Waals surface area contributed by atoms with Crippen LogP contribution >= 0.6 is 12.4 Å². The van der Waals surface area contributed by atoms with E-state index >= 15 is 0 Å². The zero-order chi connectivity index (χ0) is 12.3. The van der Waals surface area contributed by atoms with Crippen molar-refractivity contribution in [2.75, 3.05) is 0 Å². The summed E-state index contributed by atoms with van der Waals surface area (Å²) in [5.74, 6) is 1.50. The Morgan fingerprint density at radius 1 is 1.28 bits per heavy atom. The van der Waals surface area contributed by atoms with Gasteiger partial charge in [-0.15, -0.1) is 12.4 Å². The third-order valence-corrected chi connectivity index (χ3v) is 4.21. The van der Waals surface area contributed by atoms with Gasteiger partial charge in [0.1, 0.15) is 0 Å². The lowest BCUT2D eigenvalue weighted by Gasteiger charge is -2.28. The number of hydrogen-bond donors (Lipinski definition) is 2. The van der Waals surface area contributed by atoms with E-state index < -0.39 is 0 Å². The van der Waals surface area contributed by atoms with E-state index in [0.717, 1.165) is 25.2 Å². The van der Waals surface area contributed by atoms with Crippen molar-refractivity contribution in [3.8, 4) is 0 Å². The fraction of sp³-hybridized carbons (Fsp3) is 0.929. The Bertz CT molecular complexity index is 269. The van der Waals surface area contributed by atoms with Crippen molar-refractivity contribution < 1.29 is 4.79 Å². The van der Waals surface area contributed by atoms with Crippen molar-refractivity contribution in [2.24, 2.45) is 17.6 Å². The molecule has 0 radical (unpaired) electrons. The lowest BCUT2D eigenvalue weighted by Crippen LogP contribution is -2.39. The molecular formula is C14H27ClN2O. The van der Waals surface area contributed by atoms with E-state index in [1.165, 1.54) is 25.7 Å². The van der Waals surface area contributed by atoms with Gasteiger partial charge in [0.05, 0.1) is 0 Å². The molecule has 3 nitrogen and oxygen atoms in total. The van der Waals surface area contributed by atoms with Crippen molar-refractivity contribution >= 4 is 18.3 Å². The van der Waals surface area contributed by atoms with Crippen LogP contribution in [0, 0.1) is 11.8 Å². The van der Waals surface area contributed by atoms with Crippen molar-refractivity contribution in [1.82, 2.24) is 5.32 Å². The molecule has 4 heteroatoms. The average molecular weight is 275 g/mol. The molecule has 0 heterocycles. The highest BCUT2D eigenvalue weighted by molar-refractivity contribution is 5.85. The molecule has 2 rings (SSSR count). The summed E-state index contributed by atoms with van der Waals surface area (Å²) in [6.45, 7) is 2.12. The molecule has 0 aromatic heterocycles. The van der Waals surface area contributed by atoms with E-state index in [9.17, 15) is 4.79 Å². The van der Waals surface area contributed by atoms with Gasteiger partial charge in [0, 0.05) is 18.5 Å². The molecule has 0 aliphatic heterocycles. The summed E-state index contributed by atoms with van der Waals surface area (Å²) in [4.78, 5) is 11.9. The predicted octanol–water partition coefficient (Wildman–Crippen LogP) is 2.62. The summed E-state index contributed by atoms with van der Waals surface area (Å²) in [6.07, 6.45) is 9.20. The number of carbonyl (C=O) groups excluding carboxylic acids is 1. The molecule has 0 saturated heterocycles. The van der Waals surface area contributed by atoms with Crippen molar-refractivity contribution in [2.45, 2.75) is 70.4 Å². The molecule has 0 aromatic carbocycles. The minimum Gasteiger partial charge on any atom is -0.354 e. The Morgan fingerprint density at radius 3 is 2.56 bits per heavy atom. The third-order valence-electron chi connectivity index (χ3n) is 4.21. The highest BCUT2D eigenvalue weighted by atomic mass is 35.5. The summed E-state index contributed by atoms with van der Waals surface area (Å²) >= 11 is 0. The van der Waals surface area contributed by atoms with Crippen molar-refractivity contribution in [3.05, 3.63) is 0 Å². The fourth-order valence-corrected chi connectivity index (χ4v) is 2.97. The van der Waals surface area contributed by atoms with Crippen molar-refractivity contribution in [1.29, 1.82) is 0 Å². The zero-order valence-corrected chi connectivity index (χ0v) is 12.2. The van der Waals surface area contributed by atoms with Crippen LogP contribution in [0.1, 0.15) is 58.3 Å². The van der Waals surface area contributed by atoms with Gasteiger partial charge in [-0.1, -0.05) is 25.7 Å². The molecule has 3 unspecified atom stereocenters. The van der Waals surface area contributed by atoms with Crippen molar-refractivity contribution in [3.63, 3.8) is 0 Å². The first-order valence-corrected chi connectivity index (χ1v) is 7.20. The van der Waals surface area contributed by atoms with E-state index in [1.807, 2.05) is 0 Å². The first kappa shape index (κ1) is 15.8. The van der Waals surface area contributed by atoms with Crippen LogP contribution in [0.2, 0.25) is 0 Å². The maximum absolute atomic E-state index is 11.9. The van der Waals surface area contributed by atoms with Gasteiger partial charge >= 0.3 is 0 Å². The van der Waals surface area contributed by atoms with Crippen LogP contribution in [0.4, 0.5) is 0 Å². The Hall–Kier alpha value is -0.280. The zero-order valence-electron chi connectivity index (χ0n) is 11.4. The Kier molecular flexibility index (Phi) is 6.44. The minimum atomic E-state index is 0. The summed E-state index contributed by atoms with van der Waals surface area (Å²) in [7, 11) is 0. The van der Waals surface area contributed by atoms with Crippen LogP contribution in [0.15, 0.2) is 0 Å². The molecule has 2 fully saturated rings. The quantitative estimate of drug-likeness (QED) is 0.810. The van der Waals surface area contributed by atoms with Gasteiger partial charge in [0.25, 0.3) is 0 Å². The Morgan fingerprint density at radius 2 is 1.94 bits per heavy atom. The first-order chi connectivity index (χ1) is 8.15. The second kappa shape index (κ2) is 7.34. The van der Waals surface area contributed by atoms with Gasteiger partial charge in [-0.05, 0) is 38.0 Å². The van der Waals surface area contributed by atoms with Crippen LogP contribution in [-0.2, 0) is 4.79 Å². The molecule has 18 heavy (non-hydrogen) atoms. The summed E-state index contributed by atoms with van der Waals surface area (Å²) in [5.41, 5.74) is 6.07. The van der Waals surface area contributed by atoms with Gasteiger partial charge in [0.2, 0.25) is 5.91 Å². The molecule has 3 atom stereocenters. The molecule has 106 valence electrons. The second-order valence-corrected chi connectivity index (χ2v) is 6.06. The average Bonchev–Trinajstić information content (AvgIpc) is 3.05. The molecule has 0 spiro atoms. The summed E-state index contributed by atoms with van der Waals surface area (Å²) in [5, 5.41) is 3.12. The van der Waals surface area contributed by atoms with Gasteiger partial charge in [0.15, 0.2) is 0 Å². The number of nitrogens with two attached hydrogens (primary N) is 1. The number of halogens is 1. The normalized spacial score (nSPS) is 29.2. The van der Waals surface area contributed by atoms with Gasteiger partial charge in [-0.25, -0.2) is 0 Å². The topological polar surface area (TPSA) is 55.1 Å². The van der Waals surface area contributed by atoms with Crippen LogP contribution < -0.4 is 11.1 Å². The molecule has 2 aliphatic carbocycles. The molecule has 0 bridgehead atoms. The van der Waals surface area contributed by atoms with Gasteiger partial charge < -0.3 is 11.1 Å². The summed E-state index contributed by atoms with van der Waals surface area (Å²) < 4.78 is 0. The molecule has 3 N–H and O–H groups in total. The lowest BCUT2D eigenvalue weighted by molar-refractivity contribution is -0.123. The largest absolute Gasteiger partial charge is 0.354 e. The highest BCUT2D eigenvalue weighted by Gasteiger charge is 2.26. The predicted molar refractivity (Wildman–Crippen MR) is 76.7 cm³/mol. The van der Waals surface area contributed by atoms with E-state index in [4.69, 9.17) is 5.73 Å². The monoisotopic (exact) mass is 274 g/mol. The summed E-state index contributed by atoms with van der Waals surface area (Å²) in [6, 6.07) is 0.586. The highest BCUT2D eigenvalue weighted by Crippen LogP contribution is 2.33. The lowest BCUT2D eigenvalue weighted by atomic mass is 9.83.